The van der Waals surface area contributed by atoms with Crippen molar-refractivity contribution in [3.8, 4) is 5.75 Å². The highest BCUT2D eigenvalue weighted by atomic mass is 32.2. The van der Waals surface area contributed by atoms with E-state index in [0.717, 1.165) is 18.4 Å². The normalized spacial score (nSPS) is 12.4. The van der Waals surface area contributed by atoms with E-state index in [1.165, 1.54) is 31.2 Å². The Kier molecular flexibility index (Phi) is 10.2. The number of rotatable bonds is 13. The lowest BCUT2D eigenvalue weighted by atomic mass is 10.0. The topological polar surface area (TPSA) is 63.7 Å². The van der Waals surface area contributed by atoms with E-state index >= 15 is 0 Å². The summed E-state index contributed by atoms with van der Waals surface area (Å²) in [6.45, 7) is 8.22. The summed E-state index contributed by atoms with van der Waals surface area (Å²) in [6.07, 6.45) is 6.76. The van der Waals surface area contributed by atoms with Gasteiger partial charge < -0.3 is 9.08 Å². The second kappa shape index (κ2) is 12.6. The van der Waals surface area contributed by atoms with Crippen LogP contribution >= 0.6 is 0 Å². The Morgan fingerprint density at radius 2 is 1.69 bits per heavy atom. The van der Waals surface area contributed by atoms with E-state index in [2.05, 4.69) is 26.0 Å². The van der Waals surface area contributed by atoms with Crippen LogP contribution in [0.5, 0.6) is 5.75 Å². The zero-order chi connectivity index (χ0) is 23.6. The van der Waals surface area contributed by atoms with Gasteiger partial charge in [0.05, 0.1) is 5.75 Å². The number of carbonyl (C=O) groups excluding carboxylic acids is 1. The van der Waals surface area contributed by atoms with Crippen molar-refractivity contribution in [1.82, 2.24) is 4.90 Å². The molecule has 1 amide bonds. The number of hydrogen-bond donors (Lipinski definition) is 0. The molecule has 0 aromatic heterocycles. The summed E-state index contributed by atoms with van der Waals surface area (Å²) in [5.74, 6) is 0.154. The van der Waals surface area contributed by atoms with E-state index in [9.17, 15) is 13.2 Å². The first-order valence-corrected chi connectivity index (χ1v) is 13.3. The van der Waals surface area contributed by atoms with Crippen molar-refractivity contribution in [2.45, 2.75) is 78.8 Å². The Balaban J connectivity index is 2.14. The molecule has 2 aromatic carbocycles. The van der Waals surface area contributed by atoms with Gasteiger partial charge in [0.15, 0.2) is 0 Å². The summed E-state index contributed by atoms with van der Waals surface area (Å²) < 4.78 is 28.7. The molecule has 0 aliphatic carbocycles. The Labute approximate surface area is 193 Å². The minimum atomic E-state index is -3.59. The molecule has 1 unspecified atom stereocenters. The Morgan fingerprint density at radius 3 is 2.31 bits per heavy atom. The quantitative estimate of drug-likeness (QED) is 0.273. The molecule has 2 rings (SSSR count). The fourth-order valence-electron chi connectivity index (χ4n) is 3.48. The SMILES string of the molecule is CCCCCCc1ccc(C(=O)N(Cc2cccc(OS(=O)(=O)CC)c2)C(C)CC)cc1. The Bertz CT molecular complexity index is 954. The number of amides is 1. The van der Waals surface area contributed by atoms with E-state index in [4.69, 9.17) is 4.18 Å². The minimum Gasteiger partial charge on any atom is -0.382 e. The fourth-order valence-corrected chi connectivity index (χ4v) is 4.00. The third kappa shape index (κ3) is 7.97. The third-order valence-electron chi connectivity index (χ3n) is 5.73. The van der Waals surface area contributed by atoms with Gasteiger partial charge in [-0.25, -0.2) is 0 Å². The molecule has 1 atom stereocenters. The van der Waals surface area contributed by atoms with Gasteiger partial charge in [-0.15, -0.1) is 0 Å². The molecule has 5 nitrogen and oxygen atoms in total. The zero-order valence-corrected chi connectivity index (χ0v) is 20.7. The molecule has 2 aromatic rings. The van der Waals surface area contributed by atoms with E-state index in [0.29, 0.717) is 12.1 Å². The molecule has 176 valence electrons. The molecule has 0 aliphatic rings. The highest BCUT2D eigenvalue weighted by Gasteiger charge is 2.21. The molecule has 0 radical (unpaired) electrons. The standard InChI is InChI=1S/C26H37NO4S/c1-5-8-9-10-12-22-15-17-24(18-16-22)26(28)27(21(4)6-2)20-23-13-11-14-25(19-23)31-32(29,30)7-3/h11,13-19,21H,5-10,12,20H2,1-4H3. The van der Waals surface area contributed by atoms with Crippen LogP contribution in [-0.2, 0) is 23.1 Å². The van der Waals surface area contributed by atoms with Crippen LogP contribution in [0.4, 0.5) is 0 Å². The van der Waals surface area contributed by atoms with E-state index in [1.54, 1.807) is 25.1 Å². The molecule has 0 fully saturated rings. The lowest BCUT2D eigenvalue weighted by Crippen LogP contribution is -2.37. The lowest BCUT2D eigenvalue weighted by molar-refractivity contribution is 0.0671. The van der Waals surface area contributed by atoms with Crippen molar-refractivity contribution < 1.29 is 17.4 Å². The average molecular weight is 460 g/mol. The van der Waals surface area contributed by atoms with E-state index in [1.807, 2.05) is 30.0 Å². The maximum absolute atomic E-state index is 13.3. The number of nitrogens with zero attached hydrogens (tertiary/aromatic N) is 1. The van der Waals surface area contributed by atoms with Crippen LogP contribution in [0, 0.1) is 0 Å². The Morgan fingerprint density at radius 1 is 0.969 bits per heavy atom. The number of carbonyl (C=O) groups is 1. The van der Waals surface area contributed by atoms with Crippen molar-refractivity contribution in [1.29, 1.82) is 0 Å². The van der Waals surface area contributed by atoms with Gasteiger partial charge in [-0.05, 0) is 68.5 Å². The average Bonchev–Trinajstić information content (AvgIpc) is 2.80. The molecule has 0 spiro atoms. The smallest absolute Gasteiger partial charge is 0.308 e. The van der Waals surface area contributed by atoms with Crippen LogP contribution in [0.2, 0.25) is 0 Å². The van der Waals surface area contributed by atoms with Crippen LogP contribution in [0.25, 0.3) is 0 Å². The van der Waals surface area contributed by atoms with Gasteiger partial charge in [0.25, 0.3) is 5.91 Å². The van der Waals surface area contributed by atoms with Crippen LogP contribution in [0.1, 0.15) is 81.3 Å². The summed E-state index contributed by atoms with van der Waals surface area (Å²) in [5.41, 5.74) is 2.76. The van der Waals surface area contributed by atoms with Gasteiger partial charge >= 0.3 is 10.1 Å². The second-order valence-electron chi connectivity index (χ2n) is 8.27. The zero-order valence-electron chi connectivity index (χ0n) is 19.8. The van der Waals surface area contributed by atoms with Gasteiger partial charge in [0.1, 0.15) is 5.75 Å². The molecular formula is C26H37NO4S. The predicted molar refractivity (Wildman–Crippen MR) is 130 cm³/mol. The maximum Gasteiger partial charge on any atom is 0.308 e. The van der Waals surface area contributed by atoms with E-state index in [-0.39, 0.29) is 23.5 Å². The van der Waals surface area contributed by atoms with Crippen molar-refractivity contribution in [3.05, 3.63) is 65.2 Å². The molecule has 0 heterocycles. The third-order valence-corrected chi connectivity index (χ3v) is 6.89. The highest BCUT2D eigenvalue weighted by molar-refractivity contribution is 7.87. The Hall–Kier alpha value is -2.34. The van der Waals surface area contributed by atoms with Gasteiger partial charge in [-0.3, -0.25) is 4.79 Å². The highest BCUT2D eigenvalue weighted by Crippen LogP contribution is 2.21. The molecule has 6 heteroatoms. The van der Waals surface area contributed by atoms with Crippen LogP contribution in [0.3, 0.4) is 0 Å². The van der Waals surface area contributed by atoms with Crippen LogP contribution in [-0.4, -0.2) is 31.0 Å². The largest absolute Gasteiger partial charge is 0.382 e. The number of hydrogen-bond acceptors (Lipinski definition) is 4. The molecule has 0 bridgehead atoms. The second-order valence-corrected chi connectivity index (χ2v) is 10.1. The molecule has 0 saturated heterocycles. The molecule has 0 saturated carbocycles. The minimum absolute atomic E-state index is 0.0237. The number of unbranched alkanes of at least 4 members (excludes halogenated alkanes) is 3. The number of aryl methyl sites for hydroxylation is 1. The summed E-state index contributed by atoms with van der Waals surface area (Å²) in [4.78, 5) is 15.2. The molecule has 0 aliphatic heterocycles. The van der Waals surface area contributed by atoms with Gasteiger partial charge in [0, 0.05) is 18.2 Å². The monoisotopic (exact) mass is 459 g/mol. The predicted octanol–water partition coefficient (Wildman–Crippen LogP) is 5.98. The van der Waals surface area contributed by atoms with Gasteiger partial charge in [0.2, 0.25) is 0 Å². The number of benzene rings is 2. The molecule has 32 heavy (non-hydrogen) atoms. The first-order chi connectivity index (χ1) is 15.3. The maximum atomic E-state index is 13.3. The van der Waals surface area contributed by atoms with Crippen molar-refractivity contribution in [2.75, 3.05) is 5.75 Å². The van der Waals surface area contributed by atoms with Gasteiger partial charge in [-0.2, -0.15) is 8.42 Å². The molecular weight excluding hydrogens is 422 g/mol. The summed E-state index contributed by atoms with van der Waals surface area (Å²) in [7, 11) is -3.59. The fraction of sp³-hybridized carbons (Fsp3) is 0.500. The molecule has 0 N–H and O–H groups in total. The van der Waals surface area contributed by atoms with E-state index < -0.39 is 10.1 Å². The van der Waals surface area contributed by atoms with Crippen LogP contribution < -0.4 is 4.18 Å². The first-order valence-electron chi connectivity index (χ1n) is 11.7. The first kappa shape index (κ1) is 25.9. The summed E-state index contributed by atoms with van der Waals surface area (Å²) in [5, 5.41) is 0. The lowest BCUT2D eigenvalue weighted by Gasteiger charge is -2.29. The van der Waals surface area contributed by atoms with Crippen molar-refractivity contribution in [2.24, 2.45) is 0 Å². The van der Waals surface area contributed by atoms with Crippen molar-refractivity contribution >= 4 is 16.0 Å². The van der Waals surface area contributed by atoms with Crippen LogP contribution in [0.15, 0.2) is 48.5 Å². The summed E-state index contributed by atoms with van der Waals surface area (Å²) >= 11 is 0. The van der Waals surface area contributed by atoms with Crippen molar-refractivity contribution in [3.63, 3.8) is 0 Å². The van der Waals surface area contributed by atoms with Gasteiger partial charge in [-0.1, -0.05) is 57.4 Å². The summed E-state index contributed by atoms with van der Waals surface area (Å²) in [6, 6.07) is 14.9.